The zero-order valence-electron chi connectivity index (χ0n) is 10.3. The SMILES string of the molecule is CCc1ccc(S(=O)(=O)NCC2CNCCO2)s1. The minimum absolute atomic E-state index is 0.0841. The van der Waals surface area contributed by atoms with Gasteiger partial charge in [-0.05, 0) is 18.6 Å². The molecule has 0 aromatic carbocycles. The Labute approximate surface area is 112 Å². The van der Waals surface area contributed by atoms with Crippen molar-refractivity contribution in [3.63, 3.8) is 0 Å². The first-order chi connectivity index (χ1) is 8.62. The predicted octanol–water partition coefficient (Wildman–Crippen LogP) is 0.577. The molecule has 1 saturated heterocycles. The van der Waals surface area contributed by atoms with Crippen LogP contribution in [0.2, 0.25) is 0 Å². The summed E-state index contributed by atoms with van der Waals surface area (Å²) in [4.78, 5) is 1.07. The molecule has 1 aliphatic heterocycles. The number of hydrogen-bond donors (Lipinski definition) is 2. The van der Waals surface area contributed by atoms with Gasteiger partial charge in [0.05, 0.1) is 12.7 Å². The van der Waals surface area contributed by atoms with Crippen LogP contribution in [0.4, 0.5) is 0 Å². The molecule has 0 amide bonds. The van der Waals surface area contributed by atoms with Crippen LogP contribution < -0.4 is 10.0 Å². The first kappa shape index (κ1) is 14.0. The minimum Gasteiger partial charge on any atom is -0.374 e. The molecule has 0 radical (unpaired) electrons. The second-order valence-corrected chi connectivity index (χ2v) is 7.29. The average Bonchev–Trinajstić information content (AvgIpc) is 2.87. The van der Waals surface area contributed by atoms with Gasteiger partial charge >= 0.3 is 0 Å². The van der Waals surface area contributed by atoms with E-state index in [0.29, 0.717) is 23.9 Å². The Bertz CT molecular complexity index is 478. The van der Waals surface area contributed by atoms with Gasteiger partial charge in [0, 0.05) is 24.5 Å². The Kier molecular flexibility index (Phi) is 4.74. The molecule has 1 fully saturated rings. The van der Waals surface area contributed by atoms with Gasteiger partial charge < -0.3 is 10.1 Å². The second kappa shape index (κ2) is 6.12. The fourth-order valence-electron chi connectivity index (χ4n) is 1.72. The number of aryl methyl sites for hydroxylation is 1. The van der Waals surface area contributed by atoms with E-state index in [4.69, 9.17) is 4.74 Å². The van der Waals surface area contributed by atoms with Crippen molar-refractivity contribution < 1.29 is 13.2 Å². The standard InChI is InChI=1S/C11H18N2O3S2/c1-2-10-3-4-11(17-10)18(14,15)13-8-9-7-12-5-6-16-9/h3-4,9,12-13H,2,5-8H2,1H3. The molecule has 2 heterocycles. The largest absolute Gasteiger partial charge is 0.374 e. The van der Waals surface area contributed by atoms with Crippen LogP contribution in [0.1, 0.15) is 11.8 Å². The smallest absolute Gasteiger partial charge is 0.250 e. The van der Waals surface area contributed by atoms with E-state index in [2.05, 4.69) is 10.0 Å². The summed E-state index contributed by atoms with van der Waals surface area (Å²) in [5, 5.41) is 3.17. The molecular formula is C11H18N2O3S2. The van der Waals surface area contributed by atoms with Gasteiger partial charge in [0.25, 0.3) is 0 Å². The lowest BCUT2D eigenvalue weighted by atomic mass is 10.3. The predicted molar refractivity (Wildman–Crippen MR) is 71.5 cm³/mol. The number of ether oxygens (including phenoxy) is 1. The lowest BCUT2D eigenvalue weighted by Gasteiger charge is -2.23. The molecule has 1 unspecified atom stereocenters. The fourth-order valence-corrected chi connectivity index (χ4v) is 4.12. The van der Waals surface area contributed by atoms with E-state index < -0.39 is 10.0 Å². The van der Waals surface area contributed by atoms with Crippen LogP contribution in [0.3, 0.4) is 0 Å². The molecule has 1 aliphatic rings. The van der Waals surface area contributed by atoms with Gasteiger partial charge in [-0.15, -0.1) is 11.3 Å². The second-order valence-electron chi connectivity index (χ2n) is 4.12. The summed E-state index contributed by atoms with van der Waals surface area (Å²) in [6, 6.07) is 3.52. The summed E-state index contributed by atoms with van der Waals surface area (Å²) in [6.07, 6.45) is 0.773. The number of nitrogens with one attached hydrogen (secondary N) is 2. The summed E-state index contributed by atoms with van der Waals surface area (Å²) >= 11 is 1.32. The molecule has 1 atom stereocenters. The van der Waals surface area contributed by atoms with E-state index in [1.54, 1.807) is 6.07 Å². The Hall–Kier alpha value is -0.470. The van der Waals surface area contributed by atoms with Gasteiger partial charge in [0.15, 0.2) is 0 Å². The molecule has 2 rings (SSSR count). The van der Waals surface area contributed by atoms with Gasteiger partial charge in [0.2, 0.25) is 10.0 Å². The molecular weight excluding hydrogens is 272 g/mol. The number of rotatable bonds is 5. The fraction of sp³-hybridized carbons (Fsp3) is 0.636. The molecule has 0 spiro atoms. The number of sulfonamides is 1. The molecule has 0 saturated carbocycles. The first-order valence-electron chi connectivity index (χ1n) is 6.02. The van der Waals surface area contributed by atoms with Crippen LogP contribution in [0.5, 0.6) is 0 Å². The molecule has 7 heteroatoms. The third-order valence-electron chi connectivity index (χ3n) is 2.76. The van der Waals surface area contributed by atoms with Crippen LogP contribution in [0, 0.1) is 0 Å². The molecule has 5 nitrogen and oxygen atoms in total. The molecule has 0 aliphatic carbocycles. The van der Waals surface area contributed by atoms with E-state index in [0.717, 1.165) is 17.8 Å². The highest BCUT2D eigenvalue weighted by atomic mass is 32.2. The molecule has 18 heavy (non-hydrogen) atoms. The van der Waals surface area contributed by atoms with Crippen molar-refractivity contribution >= 4 is 21.4 Å². The average molecular weight is 290 g/mol. The topological polar surface area (TPSA) is 67.4 Å². The highest BCUT2D eigenvalue weighted by Crippen LogP contribution is 2.21. The van der Waals surface area contributed by atoms with Gasteiger partial charge in [-0.3, -0.25) is 0 Å². The number of thiophene rings is 1. The van der Waals surface area contributed by atoms with E-state index in [-0.39, 0.29) is 6.10 Å². The number of hydrogen-bond acceptors (Lipinski definition) is 5. The molecule has 102 valence electrons. The lowest BCUT2D eigenvalue weighted by molar-refractivity contribution is 0.0324. The van der Waals surface area contributed by atoms with Crippen LogP contribution in [-0.4, -0.2) is 40.8 Å². The summed E-state index contributed by atoms with van der Waals surface area (Å²) < 4.78 is 32.5. The number of morpholine rings is 1. The van der Waals surface area contributed by atoms with Gasteiger partial charge in [-0.1, -0.05) is 6.92 Å². The summed E-state index contributed by atoms with van der Waals surface area (Å²) in [6.45, 7) is 4.47. The van der Waals surface area contributed by atoms with Crippen molar-refractivity contribution in [3.8, 4) is 0 Å². The zero-order valence-corrected chi connectivity index (χ0v) is 11.9. The van der Waals surface area contributed by atoms with Crippen LogP contribution in [0.15, 0.2) is 16.3 Å². The normalized spacial score (nSPS) is 21.1. The Morgan fingerprint density at radius 3 is 3.00 bits per heavy atom. The third-order valence-corrected chi connectivity index (χ3v) is 5.90. The van der Waals surface area contributed by atoms with Gasteiger partial charge in [-0.25, -0.2) is 13.1 Å². The van der Waals surface area contributed by atoms with Crippen LogP contribution in [0.25, 0.3) is 0 Å². The molecule has 1 aromatic heterocycles. The third kappa shape index (κ3) is 3.52. The highest BCUT2D eigenvalue weighted by Gasteiger charge is 2.20. The van der Waals surface area contributed by atoms with Crippen molar-refractivity contribution in [3.05, 3.63) is 17.0 Å². The Morgan fingerprint density at radius 1 is 1.56 bits per heavy atom. The summed E-state index contributed by atoms with van der Waals surface area (Å²) in [5.41, 5.74) is 0. The summed E-state index contributed by atoms with van der Waals surface area (Å²) in [5.74, 6) is 0. The summed E-state index contributed by atoms with van der Waals surface area (Å²) in [7, 11) is -3.39. The Morgan fingerprint density at radius 2 is 2.39 bits per heavy atom. The minimum atomic E-state index is -3.39. The van der Waals surface area contributed by atoms with E-state index in [1.807, 2.05) is 13.0 Å². The molecule has 1 aromatic rings. The highest BCUT2D eigenvalue weighted by molar-refractivity contribution is 7.91. The van der Waals surface area contributed by atoms with Crippen molar-refractivity contribution in [2.75, 3.05) is 26.2 Å². The van der Waals surface area contributed by atoms with Crippen molar-refractivity contribution in [2.24, 2.45) is 0 Å². The van der Waals surface area contributed by atoms with Crippen molar-refractivity contribution in [2.45, 2.75) is 23.7 Å². The van der Waals surface area contributed by atoms with Crippen molar-refractivity contribution in [1.82, 2.24) is 10.0 Å². The maximum atomic E-state index is 12.0. The maximum Gasteiger partial charge on any atom is 0.250 e. The Balaban J connectivity index is 1.94. The van der Waals surface area contributed by atoms with E-state index >= 15 is 0 Å². The van der Waals surface area contributed by atoms with E-state index in [9.17, 15) is 8.42 Å². The lowest BCUT2D eigenvalue weighted by Crippen LogP contribution is -2.45. The molecule has 0 bridgehead atoms. The van der Waals surface area contributed by atoms with Crippen LogP contribution >= 0.6 is 11.3 Å². The van der Waals surface area contributed by atoms with Crippen LogP contribution in [-0.2, 0) is 21.2 Å². The maximum absolute atomic E-state index is 12.0. The van der Waals surface area contributed by atoms with Crippen molar-refractivity contribution in [1.29, 1.82) is 0 Å². The van der Waals surface area contributed by atoms with Gasteiger partial charge in [-0.2, -0.15) is 0 Å². The first-order valence-corrected chi connectivity index (χ1v) is 8.32. The van der Waals surface area contributed by atoms with Gasteiger partial charge in [0.1, 0.15) is 4.21 Å². The van der Waals surface area contributed by atoms with E-state index in [1.165, 1.54) is 11.3 Å². The monoisotopic (exact) mass is 290 g/mol. The molecule has 2 N–H and O–H groups in total. The quantitative estimate of drug-likeness (QED) is 0.832. The zero-order chi connectivity index (χ0) is 13.0.